The van der Waals surface area contributed by atoms with Crippen molar-refractivity contribution in [3.8, 4) is 0 Å². The number of nitrogens with zero attached hydrogens (tertiary/aromatic N) is 1. The topological polar surface area (TPSA) is 66.5 Å². The van der Waals surface area contributed by atoms with Crippen LogP contribution in [0.1, 0.15) is 37.9 Å². The summed E-state index contributed by atoms with van der Waals surface area (Å²) < 4.78 is 26.0. The quantitative estimate of drug-likeness (QED) is 0.746. The van der Waals surface area contributed by atoms with Gasteiger partial charge in [0.1, 0.15) is 4.21 Å². The second-order valence-electron chi connectivity index (χ2n) is 6.82. The fourth-order valence-electron chi connectivity index (χ4n) is 2.64. The van der Waals surface area contributed by atoms with Crippen LogP contribution in [0.25, 0.3) is 0 Å². The molecule has 0 aliphatic heterocycles. The second-order valence-corrected chi connectivity index (χ2v) is 10.0. The molecular weight excluding hydrogens is 368 g/mol. The summed E-state index contributed by atoms with van der Waals surface area (Å²) in [4.78, 5) is 12.3. The lowest BCUT2D eigenvalue weighted by molar-refractivity contribution is -0.121. The maximum absolute atomic E-state index is 12.4. The normalized spacial score (nSPS) is 13.2. The highest BCUT2D eigenvalue weighted by molar-refractivity contribution is 7.91. The Morgan fingerprint density at radius 3 is 2.35 bits per heavy atom. The van der Waals surface area contributed by atoms with Crippen LogP contribution in [-0.2, 0) is 21.2 Å². The number of likely N-dealkylation sites (N-methyl/N-ethyl adjacent to an activating group) is 1. The number of benzene rings is 1. The molecule has 0 spiro atoms. The molecular formula is C19H26N2O3S2. The van der Waals surface area contributed by atoms with Crippen molar-refractivity contribution in [3.63, 3.8) is 0 Å². The van der Waals surface area contributed by atoms with Gasteiger partial charge in [-0.3, -0.25) is 4.79 Å². The molecule has 0 bridgehead atoms. The number of nitrogens with one attached hydrogen (secondary N) is 1. The summed E-state index contributed by atoms with van der Waals surface area (Å²) in [6, 6.07) is 11.2. The van der Waals surface area contributed by atoms with Gasteiger partial charge in [-0.15, -0.1) is 11.3 Å². The van der Waals surface area contributed by atoms with E-state index in [2.05, 4.69) is 31.3 Å². The zero-order valence-electron chi connectivity index (χ0n) is 15.6. The molecule has 1 amide bonds. The largest absolute Gasteiger partial charge is 0.348 e. The Bertz CT molecular complexity index is 813. The van der Waals surface area contributed by atoms with E-state index in [4.69, 9.17) is 0 Å². The zero-order valence-corrected chi connectivity index (χ0v) is 17.2. The summed E-state index contributed by atoms with van der Waals surface area (Å²) in [5, 5.41) is 4.56. The Hall–Kier alpha value is -1.70. The molecule has 7 heteroatoms. The van der Waals surface area contributed by atoms with Crippen molar-refractivity contribution in [1.82, 2.24) is 9.62 Å². The van der Waals surface area contributed by atoms with Gasteiger partial charge in [0.05, 0.1) is 12.6 Å². The minimum atomic E-state index is -3.62. The number of carbonyl (C=O) groups is 1. The van der Waals surface area contributed by atoms with Crippen molar-refractivity contribution in [2.75, 3.05) is 13.6 Å². The van der Waals surface area contributed by atoms with Crippen molar-refractivity contribution in [1.29, 1.82) is 0 Å². The summed E-state index contributed by atoms with van der Waals surface area (Å²) in [7, 11) is -2.20. The Morgan fingerprint density at radius 2 is 1.81 bits per heavy atom. The molecule has 2 aromatic rings. The van der Waals surface area contributed by atoms with Crippen molar-refractivity contribution < 1.29 is 13.2 Å². The molecule has 0 fully saturated rings. The molecule has 1 aromatic carbocycles. The van der Waals surface area contributed by atoms with E-state index in [0.29, 0.717) is 5.92 Å². The molecule has 2 rings (SSSR count). The van der Waals surface area contributed by atoms with Crippen molar-refractivity contribution in [2.45, 2.75) is 37.4 Å². The number of rotatable bonds is 8. The number of hydrogen-bond donors (Lipinski definition) is 1. The van der Waals surface area contributed by atoms with Gasteiger partial charge in [-0.1, -0.05) is 44.2 Å². The van der Waals surface area contributed by atoms with Crippen LogP contribution in [0, 0.1) is 5.92 Å². The summed E-state index contributed by atoms with van der Waals surface area (Å²) in [5.41, 5.74) is 2.26. The molecule has 1 unspecified atom stereocenters. The number of hydrogen-bond acceptors (Lipinski definition) is 4. The van der Waals surface area contributed by atoms with Crippen molar-refractivity contribution in [3.05, 3.63) is 52.9 Å². The van der Waals surface area contributed by atoms with Crippen LogP contribution in [0.4, 0.5) is 0 Å². The Labute approximate surface area is 160 Å². The standard InChI is InChI=1S/C19H26N2O3S2/c1-14(2)12-16-7-9-17(10-8-16)15(3)20-18(22)13-21(4)26(23,24)19-6-5-11-25-19/h5-11,14-15H,12-13H2,1-4H3,(H,20,22). The van der Waals surface area contributed by atoms with E-state index in [9.17, 15) is 13.2 Å². The number of amides is 1. The number of sulfonamides is 1. The minimum absolute atomic E-state index is 0.187. The van der Waals surface area contributed by atoms with Gasteiger partial charge in [0.25, 0.3) is 10.0 Å². The zero-order chi connectivity index (χ0) is 19.3. The van der Waals surface area contributed by atoms with Gasteiger partial charge in [-0.25, -0.2) is 8.42 Å². The third-order valence-corrected chi connectivity index (χ3v) is 7.20. The first-order chi connectivity index (χ1) is 12.2. The molecule has 1 aromatic heterocycles. The maximum Gasteiger partial charge on any atom is 0.252 e. The monoisotopic (exact) mass is 394 g/mol. The molecule has 0 saturated carbocycles. The Kier molecular flexibility index (Phi) is 6.97. The SMILES string of the molecule is CC(C)Cc1ccc(C(C)NC(=O)CN(C)S(=O)(=O)c2cccs2)cc1. The molecule has 1 heterocycles. The molecule has 0 aliphatic carbocycles. The lowest BCUT2D eigenvalue weighted by Gasteiger charge is -2.19. The van der Waals surface area contributed by atoms with Crippen LogP contribution in [-0.4, -0.2) is 32.2 Å². The first-order valence-electron chi connectivity index (χ1n) is 8.58. The molecule has 26 heavy (non-hydrogen) atoms. The van der Waals surface area contributed by atoms with Crippen LogP contribution < -0.4 is 5.32 Å². The first-order valence-corrected chi connectivity index (χ1v) is 10.9. The van der Waals surface area contributed by atoms with Gasteiger partial charge < -0.3 is 5.32 Å². The van der Waals surface area contributed by atoms with Gasteiger partial charge in [0.15, 0.2) is 0 Å². The van der Waals surface area contributed by atoms with Crippen LogP contribution in [0.2, 0.25) is 0 Å². The van der Waals surface area contributed by atoms with Gasteiger partial charge >= 0.3 is 0 Å². The van der Waals surface area contributed by atoms with Gasteiger partial charge in [0.2, 0.25) is 5.91 Å². The maximum atomic E-state index is 12.4. The van der Waals surface area contributed by atoms with Gasteiger partial charge in [-0.2, -0.15) is 4.31 Å². The van der Waals surface area contributed by atoms with Crippen molar-refractivity contribution in [2.24, 2.45) is 5.92 Å². The van der Waals surface area contributed by atoms with Crippen LogP contribution in [0.3, 0.4) is 0 Å². The fourth-order valence-corrected chi connectivity index (χ4v) is 4.96. The number of carbonyl (C=O) groups excluding carboxylic acids is 1. The highest BCUT2D eigenvalue weighted by atomic mass is 32.2. The van der Waals surface area contributed by atoms with E-state index >= 15 is 0 Å². The molecule has 0 saturated heterocycles. The molecule has 0 radical (unpaired) electrons. The lowest BCUT2D eigenvalue weighted by atomic mass is 10.00. The predicted molar refractivity (Wildman–Crippen MR) is 106 cm³/mol. The van der Waals surface area contributed by atoms with Crippen molar-refractivity contribution >= 4 is 27.3 Å². The highest BCUT2D eigenvalue weighted by Crippen LogP contribution is 2.20. The van der Waals surface area contributed by atoms with E-state index in [0.717, 1.165) is 27.6 Å². The van der Waals surface area contributed by atoms with E-state index in [1.165, 1.54) is 18.7 Å². The fraction of sp³-hybridized carbons (Fsp3) is 0.421. The molecule has 1 atom stereocenters. The average Bonchev–Trinajstić information content (AvgIpc) is 3.09. The second kappa shape index (κ2) is 8.79. The molecule has 5 nitrogen and oxygen atoms in total. The predicted octanol–water partition coefficient (Wildman–Crippen LogP) is 3.44. The smallest absolute Gasteiger partial charge is 0.252 e. The molecule has 0 aliphatic rings. The minimum Gasteiger partial charge on any atom is -0.348 e. The van der Waals surface area contributed by atoms with Crippen LogP contribution in [0.15, 0.2) is 46.0 Å². The van der Waals surface area contributed by atoms with E-state index in [1.807, 2.05) is 19.1 Å². The summed E-state index contributed by atoms with van der Waals surface area (Å²) >= 11 is 1.14. The van der Waals surface area contributed by atoms with Gasteiger partial charge in [0, 0.05) is 7.05 Å². The van der Waals surface area contributed by atoms with Gasteiger partial charge in [-0.05, 0) is 41.8 Å². The molecule has 1 N–H and O–H groups in total. The third-order valence-electron chi connectivity index (χ3n) is 4.03. The van der Waals surface area contributed by atoms with E-state index in [-0.39, 0.29) is 22.7 Å². The first kappa shape index (κ1) is 20.6. The van der Waals surface area contributed by atoms with E-state index < -0.39 is 10.0 Å². The molecule has 142 valence electrons. The van der Waals surface area contributed by atoms with Crippen LogP contribution in [0.5, 0.6) is 0 Å². The summed E-state index contributed by atoms with van der Waals surface area (Å²) in [6.45, 7) is 6.04. The Balaban J connectivity index is 1.94. The van der Waals surface area contributed by atoms with Crippen LogP contribution >= 0.6 is 11.3 Å². The van der Waals surface area contributed by atoms with E-state index in [1.54, 1.807) is 11.4 Å². The summed E-state index contributed by atoms with van der Waals surface area (Å²) in [5.74, 6) is 0.269. The number of thiophene rings is 1. The summed E-state index contributed by atoms with van der Waals surface area (Å²) in [6.07, 6.45) is 1.02. The average molecular weight is 395 g/mol. The highest BCUT2D eigenvalue weighted by Gasteiger charge is 2.24. The third kappa shape index (κ3) is 5.40. The Morgan fingerprint density at radius 1 is 1.15 bits per heavy atom. The lowest BCUT2D eigenvalue weighted by Crippen LogP contribution is -2.39.